The van der Waals surface area contributed by atoms with E-state index in [1.807, 2.05) is 53.9 Å². The molecule has 3 N–H and O–H groups in total. The molecule has 0 amide bonds. The lowest BCUT2D eigenvalue weighted by atomic mass is 10.1. The third-order valence-corrected chi connectivity index (χ3v) is 5.17. The first-order valence-corrected chi connectivity index (χ1v) is 9.33. The lowest BCUT2D eigenvalue weighted by Gasteiger charge is -2.09. The van der Waals surface area contributed by atoms with Gasteiger partial charge in [-0.25, -0.2) is 9.78 Å². The molecule has 0 spiro atoms. The fourth-order valence-corrected chi connectivity index (χ4v) is 3.87. The maximum Gasteiger partial charge on any atom is 0.338 e. The van der Waals surface area contributed by atoms with E-state index >= 15 is 0 Å². The van der Waals surface area contributed by atoms with Gasteiger partial charge in [0.05, 0.1) is 10.3 Å². The van der Waals surface area contributed by atoms with Crippen molar-refractivity contribution >= 4 is 33.2 Å². The van der Waals surface area contributed by atoms with Crippen molar-refractivity contribution < 1.29 is 19.4 Å². The van der Waals surface area contributed by atoms with Gasteiger partial charge in [0.15, 0.2) is 0 Å². The standard InChI is InChI=1S/C21H16N2O4S/c22-20-18-13(12-28-19(18)17(10-23-20)21(24)25)11-26-15-7-4-8-16(9-15)27-14-5-2-1-3-6-14/h1-10,12H,11H2,(H2,22,23)(H,24,25). The summed E-state index contributed by atoms with van der Waals surface area (Å²) >= 11 is 1.32. The van der Waals surface area contributed by atoms with Crippen LogP contribution in [0.5, 0.6) is 17.2 Å². The van der Waals surface area contributed by atoms with E-state index < -0.39 is 5.97 Å². The summed E-state index contributed by atoms with van der Waals surface area (Å²) in [4.78, 5) is 15.4. The maximum absolute atomic E-state index is 11.4. The number of carboxylic acids is 1. The zero-order valence-corrected chi connectivity index (χ0v) is 15.5. The Morgan fingerprint density at radius 2 is 1.82 bits per heavy atom. The first-order chi connectivity index (χ1) is 13.6. The second kappa shape index (κ2) is 7.58. The number of nitrogen functional groups attached to an aromatic ring is 1. The first kappa shape index (κ1) is 17.8. The number of hydrogen-bond donors (Lipinski definition) is 2. The normalized spacial score (nSPS) is 10.7. The topological polar surface area (TPSA) is 94.7 Å². The number of fused-ring (bicyclic) bond motifs is 1. The summed E-state index contributed by atoms with van der Waals surface area (Å²) in [5.41, 5.74) is 6.91. The van der Waals surface area contributed by atoms with Crippen molar-refractivity contribution in [3.63, 3.8) is 0 Å². The van der Waals surface area contributed by atoms with Crippen LogP contribution in [0.3, 0.4) is 0 Å². The quantitative estimate of drug-likeness (QED) is 0.482. The minimum atomic E-state index is -1.03. The largest absolute Gasteiger partial charge is 0.489 e. The lowest BCUT2D eigenvalue weighted by Crippen LogP contribution is -2.02. The van der Waals surface area contributed by atoms with E-state index in [-0.39, 0.29) is 12.2 Å². The molecule has 0 atom stereocenters. The third-order valence-electron chi connectivity index (χ3n) is 4.11. The molecule has 0 radical (unpaired) electrons. The van der Waals surface area contributed by atoms with E-state index in [4.69, 9.17) is 15.2 Å². The van der Waals surface area contributed by atoms with Crippen molar-refractivity contribution in [1.29, 1.82) is 0 Å². The SMILES string of the molecule is Nc1ncc(C(=O)O)c2scc(COc3cccc(Oc4ccccc4)c3)c12. The Balaban J connectivity index is 1.54. The van der Waals surface area contributed by atoms with Crippen molar-refractivity contribution in [3.05, 3.63) is 77.3 Å². The van der Waals surface area contributed by atoms with Crippen LogP contribution in [0.2, 0.25) is 0 Å². The molecule has 0 saturated heterocycles. The van der Waals surface area contributed by atoms with Gasteiger partial charge in [0.1, 0.15) is 29.7 Å². The number of nitrogens with zero attached hydrogens (tertiary/aromatic N) is 1. The second-order valence-electron chi connectivity index (χ2n) is 6.01. The van der Waals surface area contributed by atoms with Crippen LogP contribution in [0.25, 0.3) is 10.1 Å². The smallest absolute Gasteiger partial charge is 0.338 e. The molecule has 4 rings (SSSR count). The minimum absolute atomic E-state index is 0.138. The molecule has 0 fully saturated rings. The molecule has 28 heavy (non-hydrogen) atoms. The average molecular weight is 392 g/mol. The Morgan fingerprint density at radius 1 is 1.07 bits per heavy atom. The van der Waals surface area contributed by atoms with E-state index in [0.29, 0.717) is 27.4 Å². The number of carbonyl (C=O) groups is 1. The van der Waals surface area contributed by atoms with Crippen molar-refractivity contribution in [3.8, 4) is 17.2 Å². The van der Waals surface area contributed by atoms with Crippen molar-refractivity contribution in [1.82, 2.24) is 4.98 Å². The van der Waals surface area contributed by atoms with E-state index in [1.54, 1.807) is 6.07 Å². The molecule has 0 aliphatic carbocycles. The number of aromatic carboxylic acids is 1. The number of thiophene rings is 1. The molecule has 7 heteroatoms. The Labute approximate surface area is 164 Å². The fourth-order valence-electron chi connectivity index (χ4n) is 2.80. The summed E-state index contributed by atoms with van der Waals surface area (Å²) in [7, 11) is 0. The lowest BCUT2D eigenvalue weighted by molar-refractivity contribution is 0.0699. The second-order valence-corrected chi connectivity index (χ2v) is 6.89. The highest BCUT2D eigenvalue weighted by Crippen LogP contribution is 2.33. The molecule has 140 valence electrons. The number of nitrogens with two attached hydrogens (primary N) is 1. The Bertz CT molecular complexity index is 1140. The number of pyridine rings is 1. The van der Waals surface area contributed by atoms with Crippen LogP contribution < -0.4 is 15.2 Å². The van der Waals surface area contributed by atoms with Gasteiger partial charge < -0.3 is 20.3 Å². The molecule has 0 bridgehead atoms. The van der Waals surface area contributed by atoms with Crippen LogP contribution in [0, 0.1) is 0 Å². The molecule has 4 aromatic rings. The van der Waals surface area contributed by atoms with Gasteiger partial charge in [0.25, 0.3) is 0 Å². The molecule has 0 aliphatic rings. The Morgan fingerprint density at radius 3 is 2.61 bits per heavy atom. The summed E-state index contributed by atoms with van der Waals surface area (Å²) in [5.74, 6) is 1.30. The zero-order chi connectivity index (χ0) is 19.5. The molecule has 2 aromatic heterocycles. The molecule has 0 saturated carbocycles. The predicted octanol–water partition coefficient (Wildman–Crippen LogP) is 4.95. The number of carboxylic acid groups (broad SMARTS) is 1. The monoisotopic (exact) mass is 392 g/mol. The molecular formula is C21H16N2O4S. The summed E-state index contributed by atoms with van der Waals surface area (Å²) < 4.78 is 12.3. The third kappa shape index (κ3) is 3.60. The molecule has 0 aliphatic heterocycles. The summed E-state index contributed by atoms with van der Waals surface area (Å²) in [6.45, 7) is 0.240. The van der Waals surface area contributed by atoms with E-state index in [2.05, 4.69) is 4.98 Å². The number of rotatable bonds is 6. The molecule has 2 aromatic carbocycles. The number of hydrogen-bond acceptors (Lipinski definition) is 6. The highest BCUT2D eigenvalue weighted by Gasteiger charge is 2.17. The molecule has 6 nitrogen and oxygen atoms in total. The minimum Gasteiger partial charge on any atom is -0.489 e. The van der Waals surface area contributed by atoms with Crippen LogP contribution in [0.1, 0.15) is 15.9 Å². The highest BCUT2D eigenvalue weighted by atomic mass is 32.1. The maximum atomic E-state index is 11.4. The predicted molar refractivity (Wildman–Crippen MR) is 108 cm³/mol. The molecular weight excluding hydrogens is 376 g/mol. The van der Waals surface area contributed by atoms with Crippen molar-refractivity contribution in [2.45, 2.75) is 6.61 Å². The van der Waals surface area contributed by atoms with Crippen LogP contribution in [-0.2, 0) is 6.61 Å². The number of anilines is 1. The van der Waals surface area contributed by atoms with E-state index in [1.165, 1.54) is 17.5 Å². The van der Waals surface area contributed by atoms with Gasteiger partial charge in [0.2, 0.25) is 0 Å². The van der Waals surface area contributed by atoms with Gasteiger partial charge in [-0.15, -0.1) is 11.3 Å². The molecule has 2 heterocycles. The van der Waals surface area contributed by atoms with Crippen molar-refractivity contribution in [2.24, 2.45) is 0 Å². The number of ether oxygens (including phenoxy) is 2. The number of benzene rings is 2. The fraction of sp³-hybridized carbons (Fsp3) is 0.0476. The summed E-state index contributed by atoms with van der Waals surface area (Å²) in [6, 6.07) is 16.8. The van der Waals surface area contributed by atoms with Gasteiger partial charge in [0, 0.05) is 23.2 Å². The Hall–Kier alpha value is -3.58. The van der Waals surface area contributed by atoms with Crippen LogP contribution in [0.15, 0.2) is 66.2 Å². The Kier molecular flexibility index (Phi) is 4.82. The van der Waals surface area contributed by atoms with Gasteiger partial charge in [-0.1, -0.05) is 24.3 Å². The van der Waals surface area contributed by atoms with Crippen LogP contribution >= 0.6 is 11.3 Å². The highest BCUT2D eigenvalue weighted by molar-refractivity contribution is 7.17. The molecule has 0 unspecified atom stereocenters. The summed E-state index contributed by atoms with van der Waals surface area (Å²) in [6.07, 6.45) is 1.28. The van der Waals surface area contributed by atoms with Gasteiger partial charge in [-0.05, 0) is 29.6 Å². The number of aromatic nitrogens is 1. The van der Waals surface area contributed by atoms with Crippen molar-refractivity contribution in [2.75, 3.05) is 5.73 Å². The summed E-state index contributed by atoms with van der Waals surface area (Å²) in [5, 5.41) is 11.8. The van der Waals surface area contributed by atoms with Crippen LogP contribution in [-0.4, -0.2) is 16.1 Å². The number of para-hydroxylation sites is 1. The van der Waals surface area contributed by atoms with Gasteiger partial charge in [-0.3, -0.25) is 0 Å². The van der Waals surface area contributed by atoms with Gasteiger partial charge in [-0.2, -0.15) is 0 Å². The average Bonchev–Trinajstić information content (AvgIpc) is 3.12. The van der Waals surface area contributed by atoms with Crippen LogP contribution in [0.4, 0.5) is 5.82 Å². The van der Waals surface area contributed by atoms with Gasteiger partial charge >= 0.3 is 5.97 Å². The van der Waals surface area contributed by atoms with E-state index in [9.17, 15) is 9.90 Å². The first-order valence-electron chi connectivity index (χ1n) is 8.45. The van der Waals surface area contributed by atoms with E-state index in [0.717, 1.165) is 11.3 Å². The zero-order valence-electron chi connectivity index (χ0n) is 14.7.